The summed E-state index contributed by atoms with van der Waals surface area (Å²) in [7, 11) is 1.57. The predicted octanol–water partition coefficient (Wildman–Crippen LogP) is 3.05. The molecule has 2 amide bonds. The molecule has 0 saturated carbocycles. The summed E-state index contributed by atoms with van der Waals surface area (Å²) >= 11 is 0. The van der Waals surface area contributed by atoms with Crippen molar-refractivity contribution in [3.05, 3.63) is 75.5 Å². The van der Waals surface area contributed by atoms with Crippen LogP contribution in [-0.2, 0) is 6.54 Å². The van der Waals surface area contributed by atoms with Gasteiger partial charge in [-0.2, -0.15) is 0 Å². The molecule has 0 spiro atoms. The minimum atomic E-state index is -0.727. The molecule has 0 aliphatic carbocycles. The van der Waals surface area contributed by atoms with Gasteiger partial charge >= 0.3 is 0 Å². The molecule has 3 aromatic rings. The topological polar surface area (TPSA) is 116 Å². The van der Waals surface area contributed by atoms with Gasteiger partial charge in [-0.25, -0.2) is 0 Å². The summed E-state index contributed by atoms with van der Waals surface area (Å²) in [4.78, 5) is 36.6. The zero-order chi connectivity index (χ0) is 19.8. The summed E-state index contributed by atoms with van der Waals surface area (Å²) in [6.45, 7) is -0.174. The lowest BCUT2D eigenvalue weighted by atomic mass is 10.1. The van der Waals surface area contributed by atoms with Crippen LogP contribution in [0.2, 0.25) is 0 Å². The van der Waals surface area contributed by atoms with E-state index < -0.39 is 22.4 Å². The van der Waals surface area contributed by atoms with Gasteiger partial charge in [-0.1, -0.05) is 11.2 Å². The Labute approximate surface area is 158 Å². The minimum Gasteiger partial charge on any atom is -0.497 e. The Hall–Kier alpha value is -4.01. The van der Waals surface area contributed by atoms with Crippen molar-refractivity contribution in [2.24, 2.45) is 0 Å². The van der Waals surface area contributed by atoms with Gasteiger partial charge in [0, 0.05) is 17.7 Å². The Balaban J connectivity index is 1.59. The normalized spacial score (nSPS) is 13.0. The van der Waals surface area contributed by atoms with Crippen molar-refractivity contribution >= 4 is 17.5 Å². The van der Waals surface area contributed by atoms with E-state index in [0.29, 0.717) is 11.4 Å². The first-order chi connectivity index (χ1) is 13.5. The number of aromatic nitrogens is 1. The van der Waals surface area contributed by atoms with Gasteiger partial charge < -0.3 is 9.26 Å². The zero-order valence-electron chi connectivity index (χ0n) is 14.6. The number of amides is 2. The molecule has 2 aromatic carbocycles. The van der Waals surface area contributed by atoms with Gasteiger partial charge in [0.25, 0.3) is 17.5 Å². The highest BCUT2D eigenvalue weighted by Crippen LogP contribution is 2.32. The van der Waals surface area contributed by atoms with Crippen LogP contribution in [0.15, 0.2) is 53.1 Å². The van der Waals surface area contributed by atoms with E-state index in [2.05, 4.69) is 5.16 Å². The second-order valence-corrected chi connectivity index (χ2v) is 6.06. The molecule has 0 bridgehead atoms. The summed E-state index contributed by atoms with van der Waals surface area (Å²) in [5.41, 5.74) is 0.713. The number of hydrogen-bond donors (Lipinski definition) is 0. The van der Waals surface area contributed by atoms with Crippen LogP contribution < -0.4 is 4.74 Å². The number of imide groups is 1. The van der Waals surface area contributed by atoms with Crippen molar-refractivity contribution < 1.29 is 23.8 Å². The van der Waals surface area contributed by atoms with Gasteiger partial charge in [-0.3, -0.25) is 24.6 Å². The van der Waals surface area contributed by atoms with Crippen LogP contribution in [0, 0.1) is 10.1 Å². The number of carbonyl (C=O) groups excluding carboxylic acids is 2. The molecule has 1 aromatic heterocycles. The monoisotopic (exact) mass is 379 g/mol. The number of benzene rings is 2. The average Bonchev–Trinajstić information content (AvgIpc) is 3.27. The molecular weight excluding hydrogens is 366 g/mol. The van der Waals surface area contributed by atoms with Crippen molar-refractivity contribution in [2.45, 2.75) is 6.54 Å². The maximum absolute atomic E-state index is 12.6. The van der Waals surface area contributed by atoms with E-state index in [1.807, 2.05) is 0 Å². The maximum Gasteiger partial charge on any atom is 0.282 e. The number of methoxy groups -OCH3 is 1. The Morgan fingerprint density at radius 3 is 2.57 bits per heavy atom. The Morgan fingerprint density at radius 1 is 1.14 bits per heavy atom. The fourth-order valence-corrected chi connectivity index (χ4v) is 3.05. The first kappa shape index (κ1) is 17.4. The molecule has 9 heteroatoms. The van der Waals surface area contributed by atoms with Gasteiger partial charge in [-0.15, -0.1) is 0 Å². The summed E-state index contributed by atoms with van der Waals surface area (Å²) in [6.07, 6.45) is 0. The van der Waals surface area contributed by atoms with E-state index in [1.165, 1.54) is 18.2 Å². The van der Waals surface area contributed by atoms with Crippen molar-refractivity contribution in [1.29, 1.82) is 0 Å². The van der Waals surface area contributed by atoms with Crippen molar-refractivity contribution in [3.63, 3.8) is 0 Å². The standard InChI is InChI=1S/C19H13N3O6/c1-27-12-7-5-11(6-8-12)15-9-13(28-20-15)10-21-18(23)14-3-2-4-16(22(25)26)17(14)19(21)24/h2-9H,10H2,1H3. The third kappa shape index (κ3) is 2.78. The SMILES string of the molecule is COc1ccc(-c2cc(CN3C(=O)c4cccc([N+](=O)[O-])c4C3=O)on2)cc1. The van der Waals surface area contributed by atoms with Crippen LogP contribution in [0.25, 0.3) is 11.3 Å². The highest BCUT2D eigenvalue weighted by atomic mass is 16.6. The molecule has 140 valence electrons. The summed E-state index contributed by atoms with van der Waals surface area (Å²) in [6, 6.07) is 12.7. The van der Waals surface area contributed by atoms with E-state index in [4.69, 9.17) is 9.26 Å². The maximum atomic E-state index is 12.6. The summed E-state index contributed by atoms with van der Waals surface area (Å²) < 4.78 is 10.4. The number of nitro benzene ring substituents is 1. The molecule has 0 radical (unpaired) electrons. The number of fused-ring (bicyclic) bond motifs is 1. The molecule has 0 fully saturated rings. The Morgan fingerprint density at radius 2 is 1.89 bits per heavy atom. The van der Waals surface area contributed by atoms with Crippen molar-refractivity contribution in [2.75, 3.05) is 7.11 Å². The molecule has 1 aliphatic rings. The van der Waals surface area contributed by atoms with Crippen molar-refractivity contribution in [3.8, 4) is 17.0 Å². The van der Waals surface area contributed by atoms with Gasteiger partial charge in [0.15, 0.2) is 5.76 Å². The highest BCUT2D eigenvalue weighted by molar-refractivity contribution is 6.23. The number of hydrogen-bond acceptors (Lipinski definition) is 7. The number of rotatable bonds is 5. The number of carbonyl (C=O) groups is 2. The van der Waals surface area contributed by atoms with Gasteiger partial charge in [0.1, 0.15) is 17.0 Å². The molecule has 2 heterocycles. The van der Waals surface area contributed by atoms with Gasteiger partial charge in [-0.05, 0) is 30.3 Å². The van der Waals surface area contributed by atoms with Gasteiger partial charge in [0.05, 0.1) is 24.1 Å². The highest BCUT2D eigenvalue weighted by Gasteiger charge is 2.41. The fourth-order valence-electron chi connectivity index (χ4n) is 3.05. The molecule has 1 aliphatic heterocycles. The third-order valence-corrected chi connectivity index (χ3v) is 4.43. The Kier molecular flexibility index (Phi) is 4.11. The number of nitrogens with zero attached hydrogens (tertiary/aromatic N) is 3. The van der Waals surface area contributed by atoms with Crippen LogP contribution in [0.4, 0.5) is 5.69 Å². The second-order valence-electron chi connectivity index (χ2n) is 6.06. The average molecular weight is 379 g/mol. The van der Waals surface area contributed by atoms with Crippen LogP contribution in [0.5, 0.6) is 5.75 Å². The molecule has 28 heavy (non-hydrogen) atoms. The van der Waals surface area contributed by atoms with Gasteiger partial charge in [0.2, 0.25) is 0 Å². The molecule has 0 unspecified atom stereocenters. The lowest BCUT2D eigenvalue weighted by molar-refractivity contribution is -0.385. The molecule has 0 saturated heterocycles. The quantitative estimate of drug-likeness (QED) is 0.380. The number of nitro groups is 1. The zero-order valence-corrected chi connectivity index (χ0v) is 14.6. The molecule has 0 atom stereocenters. The Bertz CT molecular complexity index is 1100. The molecule has 0 N–H and O–H groups in total. The molecule has 9 nitrogen and oxygen atoms in total. The van der Waals surface area contributed by atoms with Crippen LogP contribution in [-0.4, -0.2) is 33.9 Å². The summed E-state index contributed by atoms with van der Waals surface area (Å²) in [5, 5.41) is 15.1. The smallest absolute Gasteiger partial charge is 0.282 e. The lowest BCUT2D eigenvalue weighted by Crippen LogP contribution is -2.29. The van der Waals surface area contributed by atoms with Crippen LogP contribution >= 0.6 is 0 Å². The first-order valence-electron chi connectivity index (χ1n) is 8.23. The van der Waals surface area contributed by atoms with E-state index >= 15 is 0 Å². The van der Waals surface area contributed by atoms with E-state index in [9.17, 15) is 19.7 Å². The summed E-state index contributed by atoms with van der Waals surface area (Å²) in [5.74, 6) is -0.358. The first-order valence-corrected chi connectivity index (χ1v) is 8.23. The van der Waals surface area contributed by atoms with E-state index in [0.717, 1.165) is 10.5 Å². The van der Waals surface area contributed by atoms with Crippen molar-refractivity contribution in [1.82, 2.24) is 10.1 Å². The number of ether oxygens (including phenoxy) is 1. The van der Waals surface area contributed by atoms with Crippen LogP contribution in [0.3, 0.4) is 0 Å². The van der Waals surface area contributed by atoms with Crippen LogP contribution in [0.1, 0.15) is 26.5 Å². The predicted molar refractivity (Wildman–Crippen MR) is 95.8 cm³/mol. The fraction of sp³-hybridized carbons (Fsp3) is 0.105. The largest absolute Gasteiger partial charge is 0.497 e. The van der Waals surface area contributed by atoms with E-state index in [-0.39, 0.29) is 23.4 Å². The van der Waals surface area contributed by atoms with E-state index in [1.54, 1.807) is 37.4 Å². The molecule has 4 rings (SSSR count). The lowest BCUT2D eigenvalue weighted by Gasteiger charge is -2.10. The minimum absolute atomic E-state index is 0.00842. The molecular formula is C19H13N3O6. The third-order valence-electron chi connectivity index (χ3n) is 4.43. The second kappa shape index (κ2) is 6.62.